The molecule has 6 heteroatoms. The molecule has 2 heterocycles. The largest absolute Gasteiger partial charge is 0.360 e. The summed E-state index contributed by atoms with van der Waals surface area (Å²) in [6.07, 6.45) is 2.42. The Morgan fingerprint density at radius 3 is 2.89 bits per heavy atom. The molecule has 2 aromatic heterocycles. The van der Waals surface area contributed by atoms with Crippen LogP contribution < -0.4 is 5.32 Å². The highest BCUT2D eigenvalue weighted by Crippen LogP contribution is 2.17. The third-order valence-electron chi connectivity index (χ3n) is 2.35. The van der Waals surface area contributed by atoms with Crippen molar-refractivity contribution < 1.29 is 13.7 Å². The van der Waals surface area contributed by atoms with Gasteiger partial charge in [0.1, 0.15) is 5.76 Å². The molecule has 2 rings (SSSR count). The molecule has 1 amide bonds. The number of aromatic nitrogens is 2. The van der Waals surface area contributed by atoms with Gasteiger partial charge < -0.3 is 9.84 Å². The van der Waals surface area contributed by atoms with E-state index in [1.807, 2.05) is 13.8 Å². The van der Waals surface area contributed by atoms with Gasteiger partial charge in [-0.05, 0) is 6.07 Å². The number of nitrogens with one attached hydrogen (secondary N) is 1. The standard InChI is InChI=1S/C12H12FN3O2/c1-7(2)11-5-10(16-18-11)12(17)15-9-3-4-14-6-8(9)13/h3-7H,1-2H3,(H,14,15,17). The SMILES string of the molecule is CC(C)c1cc(C(=O)Nc2ccncc2F)no1. The molecule has 0 saturated carbocycles. The van der Waals surface area contributed by atoms with E-state index in [1.165, 1.54) is 12.3 Å². The lowest BCUT2D eigenvalue weighted by atomic mass is 10.1. The number of carbonyl (C=O) groups is 1. The Bertz CT molecular complexity index is 566. The van der Waals surface area contributed by atoms with Crippen LogP contribution in [-0.4, -0.2) is 16.0 Å². The van der Waals surface area contributed by atoms with E-state index >= 15 is 0 Å². The molecule has 18 heavy (non-hydrogen) atoms. The van der Waals surface area contributed by atoms with Crippen LogP contribution in [0.5, 0.6) is 0 Å². The molecular weight excluding hydrogens is 237 g/mol. The number of hydrogen-bond acceptors (Lipinski definition) is 4. The van der Waals surface area contributed by atoms with Crippen molar-refractivity contribution in [2.24, 2.45) is 0 Å². The minimum atomic E-state index is -0.599. The molecule has 0 aliphatic heterocycles. The number of pyridine rings is 1. The van der Waals surface area contributed by atoms with Gasteiger partial charge in [-0.1, -0.05) is 19.0 Å². The van der Waals surface area contributed by atoms with Gasteiger partial charge in [0.25, 0.3) is 5.91 Å². The van der Waals surface area contributed by atoms with E-state index in [9.17, 15) is 9.18 Å². The van der Waals surface area contributed by atoms with Crippen LogP contribution in [0.4, 0.5) is 10.1 Å². The molecule has 0 unspecified atom stereocenters. The number of halogens is 1. The number of carbonyl (C=O) groups excluding carboxylic acids is 1. The van der Waals surface area contributed by atoms with Crippen molar-refractivity contribution in [1.82, 2.24) is 10.1 Å². The Labute approximate surface area is 103 Å². The molecule has 0 spiro atoms. The van der Waals surface area contributed by atoms with Gasteiger partial charge in [0.05, 0.1) is 11.9 Å². The van der Waals surface area contributed by atoms with Crippen molar-refractivity contribution in [3.63, 3.8) is 0 Å². The summed E-state index contributed by atoms with van der Waals surface area (Å²) < 4.78 is 18.3. The van der Waals surface area contributed by atoms with E-state index in [0.29, 0.717) is 5.76 Å². The van der Waals surface area contributed by atoms with Crippen LogP contribution in [-0.2, 0) is 0 Å². The molecule has 1 N–H and O–H groups in total. The average Bonchev–Trinajstić information content (AvgIpc) is 2.81. The Morgan fingerprint density at radius 2 is 2.28 bits per heavy atom. The van der Waals surface area contributed by atoms with Crippen molar-refractivity contribution in [3.8, 4) is 0 Å². The van der Waals surface area contributed by atoms with Gasteiger partial charge in [0, 0.05) is 18.2 Å². The number of nitrogens with zero attached hydrogens (tertiary/aromatic N) is 2. The maximum absolute atomic E-state index is 13.3. The zero-order valence-electron chi connectivity index (χ0n) is 9.98. The first-order valence-electron chi connectivity index (χ1n) is 5.45. The van der Waals surface area contributed by atoms with Gasteiger partial charge >= 0.3 is 0 Å². The summed E-state index contributed by atoms with van der Waals surface area (Å²) in [6, 6.07) is 2.91. The van der Waals surface area contributed by atoms with Crippen molar-refractivity contribution >= 4 is 11.6 Å². The van der Waals surface area contributed by atoms with E-state index in [0.717, 1.165) is 6.20 Å². The van der Waals surface area contributed by atoms with Crippen LogP contribution >= 0.6 is 0 Å². The van der Waals surface area contributed by atoms with Crippen molar-refractivity contribution in [2.45, 2.75) is 19.8 Å². The lowest BCUT2D eigenvalue weighted by Gasteiger charge is -2.02. The van der Waals surface area contributed by atoms with Crippen LogP contribution in [0.15, 0.2) is 29.0 Å². The molecule has 0 atom stereocenters. The second-order valence-electron chi connectivity index (χ2n) is 4.08. The minimum Gasteiger partial charge on any atom is -0.360 e. The molecule has 0 aromatic carbocycles. The summed E-state index contributed by atoms with van der Waals surface area (Å²) >= 11 is 0. The van der Waals surface area contributed by atoms with E-state index in [4.69, 9.17) is 4.52 Å². The Balaban J connectivity index is 2.15. The smallest absolute Gasteiger partial charge is 0.277 e. The Hall–Kier alpha value is -2.24. The molecule has 0 bridgehead atoms. The van der Waals surface area contributed by atoms with E-state index < -0.39 is 11.7 Å². The second kappa shape index (κ2) is 4.95. The topological polar surface area (TPSA) is 68.0 Å². The number of hydrogen-bond donors (Lipinski definition) is 1. The predicted molar refractivity (Wildman–Crippen MR) is 62.7 cm³/mol. The minimum absolute atomic E-state index is 0.0593. The highest BCUT2D eigenvalue weighted by molar-refractivity contribution is 6.02. The highest BCUT2D eigenvalue weighted by atomic mass is 19.1. The molecule has 0 aliphatic rings. The van der Waals surface area contributed by atoms with E-state index in [-0.39, 0.29) is 17.3 Å². The lowest BCUT2D eigenvalue weighted by Crippen LogP contribution is -2.13. The summed E-state index contributed by atoms with van der Waals surface area (Å²) in [6.45, 7) is 3.84. The van der Waals surface area contributed by atoms with Crippen LogP contribution in [0.3, 0.4) is 0 Å². The Kier molecular flexibility index (Phi) is 3.36. The molecule has 0 radical (unpaired) electrons. The maximum atomic E-state index is 13.3. The fraction of sp³-hybridized carbons (Fsp3) is 0.250. The zero-order valence-corrected chi connectivity index (χ0v) is 9.98. The van der Waals surface area contributed by atoms with E-state index in [1.54, 1.807) is 6.07 Å². The summed E-state index contributed by atoms with van der Waals surface area (Å²) in [5.41, 5.74) is 0.180. The summed E-state index contributed by atoms with van der Waals surface area (Å²) in [4.78, 5) is 15.4. The molecule has 0 saturated heterocycles. The third kappa shape index (κ3) is 2.53. The fourth-order valence-electron chi connectivity index (χ4n) is 1.33. The highest BCUT2D eigenvalue weighted by Gasteiger charge is 2.15. The fourth-order valence-corrected chi connectivity index (χ4v) is 1.33. The summed E-state index contributed by atoms with van der Waals surface area (Å²) in [5, 5.41) is 6.04. The number of amides is 1. The van der Waals surface area contributed by atoms with Crippen LogP contribution in [0, 0.1) is 5.82 Å². The first-order chi connectivity index (χ1) is 8.58. The van der Waals surface area contributed by atoms with E-state index in [2.05, 4.69) is 15.5 Å². The molecule has 0 aliphatic carbocycles. The van der Waals surface area contributed by atoms with Crippen LogP contribution in [0.1, 0.15) is 36.0 Å². The first kappa shape index (κ1) is 12.2. The summed E-state index contributed by atoms with van der Waals surface area (Å²) in [7, 11) is 0. The third-order valence-corrected chi connectivity index (χ3v) is 2.35. The van der Waals surface area contributed by atoms with Crippen molar-refractivity contribution in [3.05, 3.63) is 41.8 Å². The van der Waals surface area contributed by atoms with Crippen LogP contribution in [0.2, 0.25) is 0 Å². The first-order valence-corrected chi connectivity index (χ1v) is 5.45. The quantitative estimate of drug-likeness (QED) is 0.907. The zero-order chi connectivity index (χ0) is 13.1. The predicted octanol–water partition coefficient (Wildman–Crippen LogP) is 2.58. The molecular formula is C12H12FN3O2. The lowest BCUT2D eigenvalue weighted by molar-refractivity contribution is 0.101. The molecule has 5 nitrogen and oxygen atoms in total. The summed E-state index contributed by atoms with van der Waals surface area (Å²) in [5.74, 6) is -0.374. The molecule has 0 fully saturated rings. The number of anilines is 1. The second-order valence-corrected chi connectivity index (χ2v) is 4.08. The van der Waals surface area contributed by atoms with Gasteiger partial charge in [-0.15, -0.1) is 0 Å². The van der Waals surface area contributed by atoms with Gasteiger partial charge in [-0.2, -0.15) is 0 Å². The maximum Gasteiger partial charge on any atom is 0.277 e. The van der Waals surface area contributed by atoms with Gasteiger partial charge in [0.2, 0.25) is 0 Å². The van der Waals surface area contributed by atoms with Gasteiger partial charge in [0.15, 0.2) is 11.5 Å². The van der Waals surface area contributed by atoms with Gasteiger partial charge in [-0.3, -0.25) is 9.78 Å². The monoisotopic (exact) mass is 249 g/mol. The Morgan fingerprint density at radius 1 is 1.50 bits per heavy atom. The van der Waals surface area contributed by atoms with Gasteiger partial charge in [-0.25, -0.2) is 4.39 Å². The normalized spacial score (nSPS) is 10.7. The van der Waals surface area contributed by atoms with Crippen molar-refractivity contribution in [1.29, 1.82) is 0 Å². The van der Waals surface area contributed by atoms with Crippen molar-refractivity contribution in [2.75, 3.05) is 5.32 Å². The average molecular weight is 249 g/mol. The van der Waals surface area contributed by atoms with Crippen LogP contribution in [0.25, 0.3) is 0 Å². The number of rotatable bonds is 3. The molecule has 94 valence electrons. The molecule has 2 aromatic rings.